The Kier molecular flexibility index (Phi) is 4.17. The SMILES string of the molecule is CCOOB1C(CC)=C(C)[Si](C)(C)N1C. The molecule has 0 aromatic carbocycles. The van der Waals surface area contributed by atoms with E-state index in [9.17, 15) is 0 Å². The van der Waals surface area contributed by atoms with Gasteiger partial charge in [-0.2, -0.15) is 0 Å². The molecule has 3 nitrogen and oxygen atoms in total. The highest BCUT2D eigenvalue weighted by Gasteiger charge is 2.47. The van der Waals surface area contributed by atoms with Crippen LogP contribution in [0, 0.1) is 0 Å². The molecule has 1 heterocycles. The quantitative estimate of drug-likeness (QED) is 0.418. The number of hydrogen-bond donors (Lipinski definition) is 0. The predicted octanol–water partition coefficient (Wildman–Crippen LogP) is 2.40. The average Bonchev–Trinajstić information content (AvgIpc) is 2.36. The Morgan fingerprint density at radius 2 is 1.93 bits per heavy atom. The van der Waals surface area contributed by atoms with Crippen LogP contribution in [-0.2, 0) is 9.69 Å². The van der Waals surface area contributed by atoms with Crippen molar-refractivity contribution in [3.63, 3.8) is 0 Å². The average molecular weight is 227 g/mol. The molecule has 0 bridgehead atoms. The lowest BCUT2D eigenvalue weighted by Gasteiger charge is -2.30. The second-order valence-electron chi connectivity index (χ2n) is 4.53. The summed E-state index contributed by atoms with van der Waals surface area (Å²) in [7, 11) is 0.743. The Labute approximate surface area is 94.6 Å². The molecule has 5 heteroatoms. The van der Waals surface area contributed by atoms with Crippen LogP contribution in [0.1, 0.15) is 27.2 Å². The van der Waals surface area contributed by atoms with E-state index in [-0.39, 0.29) is 7.05 Å². The standard InChI is InChI=1S/C10H22BNO2Si/c1-7-10-9(3)15(5,6)12(4)11(10)14-13-8-2/h7-8H2,1-6H3. The summed E-state index contributed by atoms with van der Waals surface area (Å²) in [6, 6.07) is 0. The van der Waals surface area contributed by atoms with Crippen molar-refractivity contribution in [3.05, 3.63) is 10.7 Å². The van der Waals surface area contributed by atoms with Crippen LogP contribution < -0.4 is 0 Å². The Morgan fingerprint density at radius 1 is 1.33 bits per heavy atom. The van der Waals surface area contributed by atoms with Crippen LogP contribution in [0.3, 0.4) is 0 Å². The highest BCUT2D eigenvalue weighted by molar-refractivity contribution is 6.93. The number of allylic oxidation sites excluding steroid dienone is 2. The van der Waals surface area contributed by atoms with Crippen molar-refractivity contribution >= 4 is 15.3 Å². The molecule has 15 heavy (non-hydrogen) atoms. The highest BCUT2D eigenvalue weighted by Crippen LogP contribution is 2.34. The Balaban J connectivity index is 2.89. The summed E-state index contributed by atoms with van der Waals surface area (Å²) < 4.78 is 2.36. The van der Waals surface area contributed by atoms with Gasteiger partial charge in [0.25, 0.3) is 0 Å². The fourth-order valence-corrected chi connectivity index (χ4v) is 4.46. The lowest BCUT2D eigenvalue weighted by molar-refractivity contribution is -0.211. The van der Waals surface area contributed by atoms with E-state index >= 15 is 0 Å². The van der Waals surface area contributed by atoms with Gasteiger partial charge in [-0.3, -0.25) is 9.69 Å². The smallest absolute Gasteiger partial charge is 0.333 e. The second-order valence-corrected chi connectivity index (χ2v) is 9.10. The van der Waals surface area contributed by atoms with E-state index in [1.54, 1.807) is 0 Å². The highest BCUT2D eigenvalue weighted by atomic mass is 28.3. The fraction of sp³-hybridized carbons (Fsp3) is 0.800. The third-order valence-corrected chi connectivity index (χ3v) is 7.74. The number of nitrogens with zero attached hydrogens (tertiary/aromatic N) is 1. The third kappa shape index (κ3) is 2.20. The van der Waals surface area contributed by atoms with Gasteiger partial charge in [0.1, 0.15) is 8.24 Å². The van der Waals surface area contributed by atoms with Gasteiger partial charge in [0, 0.05) is 0 Å². The minimum absolute atomic E-state index is 0.0385. The van der Waals surface area contributed by atoms with Crippen LogP contribution in [0.15, 0.2) is 10.7 Å². The summed E-state index contributed by atoms with van der Waals surface area (Å²) in [6.07, 6.45) is 1.05. The molecule has 1 aliphatic heterocycles. The summed E-state index contributed by atoms with van der Waals surface area (Å²) in [5, 5.41) is 1.54. The van der Waals surface area contributed by atoms with Crippen LogP contribution in [0.25, 0.3) is 0 Å². The molecule has 0 amide bonds. The first-order valence-electron chi connectivity index (χ1n) is 5.68. The molecular formula is C10H22BNO2Si. The van der Waals surface area contributed by atoms with E-state index < -0.39 is 8.24 Å². The summed E-state index contributed by atoms with van der Waals surface area (Å²) in [4.78, 5) is 10.6. The van der Waals surface area contributed by atoms with E-state index in [0.29, 0.717) is 6.61 Å². The number of hydrogen-bond acceptors (Lipinski definition) is 3. The van der Waals surface area contributed by atoms with Gasteiger partial charge < -0.3 is 4.48 Å². The van der Waals surface area contributed by atoms with Gasteiger partial charge in [-0.15, -0.1) is 0 Å². The van der Waals surface area contributed by atoms with Crippen LogP contribution in [0.5, 0.6) is 0 Å². The van der Waals surface area contributed by atoms with Gasteiger partial charge in [-0.05, 0) is 27.3 Å². The van der Waals surface area contributed by atoms with Crippen LogP contribution in [0.2, 0.25) is 13.1 Å². The first-order chi connectivity index (χ1) is 6.96. The van der Waals surface area contributed by atoms with Crippen molar-refractivity contribution in [1.82, 2.24) is 4.48 Å². The van der Waals surface area contributed by atoms with Crippen molar-refractivity contribution in [1.29, 1.82) is 0 Å². The second kappa shape index (κ2) is 4.82. The first kappa shape index (κ1) is 13.0. The summed E-state index contributed by atoms with van der Waals surface area (Å²) in [6.45, 7) is 11.7. The Bertz CT molecular complexity index is 268. The lowest BCUT2D eigenvalue weighted by Crippen LogP contribution is -2.50. The van der Waals surface area contributed by atoms with Gasteiger partial charge in [-0.1, -0.05) is 30.7 Å². The van der Waals surface area contributed by atoms with Gasteiger partial charge in [0.05, 0.1) is 6.61 Å². The zero-order chi connectivity index (χ0) is 11.6. The molecule has 1 rings (SSSR count). The lowest BCUT2D eigenvalue weighted by atomic mass is 9.72. The molecule has 0 spiro atoms. The monoisotopic (exact) mass is 227 g/mol. The number of rotatable bonds is 4. The summed E-state index contributed by atoms with van der Waals surface area (Å²) >= 11 is 0. The molecule has 0 aliphatic carbocycles. The zero-order valence-corrected chi connectivity index (χ0v) is 11.8. The summed E-state index contributed by atoms with van der Waals surface area (Å²) in [5.41, 5.74) is 1.41. The molecule has 0 saturated carbocycles. The van der Waals surface area contributed by atoms with Crippen molar-refractivity contribution in [2.45, 2.75) is 40.3 Å². The van der Waals surface area contributed by atoms with Crippen molar-refractivity contribution in [2.75, 3.05) is 13.7 Å². The maximum absolute atomic E-state index is 5.48. The van der Waals surface area contributed by atoms with E-state index in [1.807, 2.05) is 6.92 Å². The van der Waals surface area contributed by atoms with Crippen molar-refractivity contribution in [3.8, 4) is 0 Å². The topological polar surface area (TPSA) is 21.7 Å². The summed E-state index contributed by atoms with van der Waals surface area (Å²) in [5.74, 6) is 0. The normalized spacial score (nSPS) is 21.6. The Morgan fingerprint density at radius 3 is 2.40 bits per heavy atom. The van der Waals surface area contributed by atoms with Gasteiger partial charge >= 0.3 is 7.05 Å². The largest absolute Gasteiger partial charge is 0.445 e. The zero-order valence-electron chi connectivity index (χ0n) is 10.8. The van der Waals surface area contributed by atoms with E-state index in [1.165, 1.54) is 10.7 Å². The van der Waals surface area contributed by atoms with Gasteiger partial charge in [0.15, 0.2) is 0 Å². The molecule has 1 aliphatic rings. The molecular weight excluding hydrogens is 205 g/mol. The van der Waals surface area contributed by atoms with Crippen LogP contribution >= 0.6 is 0 Å². The molecule has 0 atom stereocenters. The van der Waals surface area contributed by atoms with E-state index in [0.717, 1.165) is 6.42 Å². The van der Waals surface area contributed by atoms with Gasteiger partial charge in [0.2, 0.25) is 0 Å². The molecule has 0 aromatic heterocycles. The van der Waals surface area contributed by atoms with Crippen LogP contribution in [0.4, 0.5) is 0 Å². The van der Waals surface area contributed by atoms with Crippen LogP contribution in [-0.4, -0.2) is 33.4 Å². The minimum atomic E-state index is -1.44. The third-order valence-electron chi connectivity index (χ3n) is 3.59. The first-order valence-corrected chi connectivity index (χ1v) is 8.62. The Hall–Kier alpha value is -0.0982. The molecule has 0 unspecified atom stereocenters. The fourth-order valence-electron chi connectivity index (χ4n) is 2.06. The van der Waals surface area contributed by atoms with Crippen molar-refractivity contribution < 1.29 is 9.69 Å². The van der Waals surface area contributed by atoms with E-state index in [4.69, 9.17) is 9.69 Å². The van der Waals surface area contributed by atoms with E-state index in [2.05, 4.69) is 38.5 Å². The van der Waals surface area contributed by atoms with Crippen molar-refractivity contribution in [2.24, 2.45) is 0 Å². The maximum atomic E-state index is 5.48. The van der Waals surface area contributed by atoms with Gasteiger partial charge in [-0.25, -0.2) is 0 Å². The molecule has 0 saturated heterocycles. The predicted molar refractivity (Wildman–Crippen MR) is 66.7 cm³/mol. The molecule has 0 radical (unpaired) electrons. The molecule has 0 fully saturated rings. The molecule has 86 valence electrons. The molecule has 0 N–H and O–H groups in total. The minimum Gasteiger partial charge on any atom is -0.333 e. The molecule has 0 aromatic rings. The maximum Gasteiger partial charge on any atom is 0.445 e.